The summed E-state index contributed by atoms with van der Waals surface area (Å²) in [5.74, 6) is -2.40. The molecule has 1 heterocycles. The first-order chi connectivity index (χ1) is 32.6. The molecule has 1 fully saturated rings. The topological polar surface area (TPSA) is 306 Å². The predicted molar refractivity (Wildman–Crippen MR) is 254 cm³/mol. The van der Waals surface area contributed by atoms with Crippen molar-refractivity contribution >= 4 is 60.7 Å². The first-order valence-electron chi connectivity index (χ1n) is 20.2. The predicted octanol–water partition coefficient (Wildman–Crippen LogP) is 5.35. The highest BCUT2D eigenvalue weighted by Crippen LogP contribution is 2.34. The monoisotopic (exact) mass is 1080 g/mol. The fourth-order valence-electron chi connectivity index (χ4n) is 5.73. The van der Waals surface area contributed by atoms with Gasteiger partial charge in [-0.25, -0.2) is 0 Å². The molecule has 0 atom stereocenters. The van der Waals surface area contributed by atoms with Crippen molar-refractivity contribution < 1.29 is 76.3 Å². The molecule has 20 nitrogen and oxygen atoms in total. The van der Waals surface area contributed by atoms with E-state index in [1.807, 2.05) is 0 Å². The smallest absolute Gasteiger partial charge is 0.339 e. The van der Waals surface area contributed by atoms with Crippen LogP contribution in [0.2, 0.25) is 0 Å². The lowest BCUT2D eigenvalue weighted by atomic mass is 10.2. The molecule has 6 aromatic carbocycles. The van der Waals surface area contributed by atoms with E-state index in [9.17, 15) is 59.6 Å². The average Bonchev–Trinajstić information content (AvgIpc) is 3.28. The molecule has 4 N–H and O–H groups in total. The van der Waals surface area contributed by atoms with Gasteiger partial charge in [0.2, 0.25) is 0 Å². The Labute approximate surface area is 407 Å². The van der Waals surface area contributed by atoms with Gasteiger partial charge in [-0.3, -0.25) is 9.11 Å². The molecule has 26 heteroatoms. The summed E-state index contributed by atoms with van der Waals surface area (Å²) in [4.78, 5) is -2.81. The molecule has 1 aliphatic heterocycles. The van der Waals surface area contributed by atoms with Crippen molar-refractivity contribution in [1.29, 1.82) is 0 Å². The molecular formula is C44H46N2O18S6. The van der Waals surface area contributed by atoms with Crippen LogP contribution in [0.1, 0.15) is 22.3 Å². The van der Waals surface area contributed by atoms with Crippen LogP contribution in [0.3, 0.4) is 0 Å². The molecule has 0 amide bonds. The van der Waals surface area contributed by atoms with Gasteiger partial charge in [-0.15, -0.1) is 0 Å². The van der Waals surface area contributed by atoms with E-state index in [0.717, 1.165) is 72.7 Å². The van der Waals surface area contributed by atoms with E-state index in [2.05, 4.69) is 10.6 Å². The summed E-state index contributed by atoms with van der Waals surface area (Å²) in [5.41, 5.74) is 3.21. The SMILES string of the molecule is C1CNCCN1.Cc1ccc(S(=O)(=O)Oc2ccc(OS(=O)(=O)c3ccc(C)cc3)c(S(=O)(=O)O)c2)cc1.Cc1ccc(S(=O)(=O)Oc2ccc(OS(=O)(=O)c3ccc(C)cc3)c(S(=O)(=O)O)c2)cc1. The maximum Gasteiger partial charge on any atom is 0.339 e. The zero-order valence-corrected chi connectivity index (χ0v) is 42.3. The highest BCUT2D eigenvalue weighted by atomic mass is 32.2. The molecule has 1 aliphatic rings. The molecule has 1 saturated heterocycles. The second kappa shape index (κ2) is 22.4. The third kappa shape index (κ3) is 15.5. The highest BCUT2D eigenvalue weighted by Gasteiger charge is 2.28. The van der Waals surface area contributed by atoms with Crippen LogP contribution in [-0.4, -0.2) is 85.8 Å². The summed E-state index contributed by atoms with van der Waals surface area (Å²) >= 11 is 0. The van der Waals surface area contributed by atoms with Gasteiger partial charge in [0.25, 0.3) is 20.2 Å². The van der Waals surface area contributed by atoms with E-state index in [-0.39, 0.29) is 19.6 Å². The van der Waals surface area contributed by atoms with Gasteiger partial charge in [0.1, 0.15) is 40.9 Å². The van der Waals surface area contributed by atoms with E-state index in [4.69, 9.17) is 16.7 Å². The molecule has 376 valence electrons. The minimum Gasteiger partial charge on any atom is -0.379 e. The standard InChI is InChI=1S/2C20H18O9S3.C4H10N2/c2*1-14-3-8-17(9-4-14)31(24,25)28-16-7-12-19(20(13-16)30(21,22)23)29-32(26,27)18-10-5-15(2)6-11-18;1-2-6-4-3-5-1/h2*3-13H,1-2H3,(H,21,22,23);5-6H,1-4H2. The van der Waals surface area contributed by atoms with Crippen LogP contribution in [-0.2, 0) is 60.7 Å². The van der Waals surface area contributed by atoms with Crippen LogP contribution < -0.4 is 27.4 Å². The number of hydrogen-bond acceptors (Lipinski definition) is 18. The number of benzene rings is 6. The van der Waals surface area contributed by atoms with Crippen LogP contribution >= 0.6 is 0 Å². The molecule has 0 bridgehead atoms. The van der Waals surface area contributed by atoms with Crippen molar-refractivity contribution in [2.75, 3.05) is 26.2 Å². The van der Waals surface area contributed by atoms with Crippen molar-refractivity contribution in [3.8, 4) is 23.0 Å². The van der Waals surface area contributed by atoms with E-state index < -0.39 is 93.5 Å². The van der Waals surface area contributed by atoms with Crippen molar-refractivity contribution in [3.05, 3.63) is 156 Å². The van der Waals surface area contributed by atoms with Crippen molar-refractivity contribution in [2.45, 2.75) is 57.1 Å². The van der Waals surface area contributed by atoms with Gasteiger partial charge in [-0.05, 0) is 100 Å². The molecule has 70 heavy (non-hydrogen) atoms. The zero-order valence-electron chi connectivity index (χ0n) is 37.4. The largest absolute Gasteiger partial charge is 0.379 e. The Morgan fingerprint density at radius 2 is 0.571 bits per heavy atom. The molecular weight excluding hydrogens is 1040 g/mol. The Morgan fingerprint density at radius 3 is 0.786 bits per heavy atom. The molecule has 0 unspecified atom stereocenters. The third-order valence-electron chi connectivity index (χ3n) is 9.39. The second-order valence-electron chi connectivity index (χ2n) is 15.1. The Balaban J connectivity index is 0.000000232. The van der Waals surface area contributed by atoms with Crippen LogP contribution in [0.25, 0.3) is 0 Å². The Morgan fingerprint density at radius 1 is 0.343 bits per heavy atom. The fourth-order valence-corrected chi connectivity index (χ4v) is 10.8. The number of nitrogens with one attached hydrogen (secondary N) is 2. The molecule has 6 aromatic rings. The van der Waals surface area contributed by atoms with E-state index >= 15 is 0 Å². The molecule has 0 saturated carbocycles. The molecule has 7 rings (SSSR count). The van der Waals surface area contributed by atoms with Crippen molar-refractivity contribution in [2.24, 2.45) is 0 Å². The van der Waals surface area contributed by atoms with Gasteiger partial charge in [-0.2, -0.15) is 50.5 Å². The average molecular weight is 1080 g/mol. The van der Waals surface area contributed by atoms with Gasteiger partial charge in [0, 0.05) is 38.3 Å². The first kappa shape index (κ1) is 55.0. The second-order valence-corrected chi connectivity index (χ2v) is 24.0. The zero-order chi connectivity index (χ0) is 51.7. The highest BCUT2D eigenvalue weighted by molar-refractivity contribution is 7.88. The van der Waals surface area contributed by atoms with Crippen LogP contribution in [0.4, 0.5) is 0 Å². The minimum atomic E-state index is -5.01. The van der Waals surface area contributed by atoms with Crippen molar-refractivity contribution in [1.82, 2.24) is 10.6 Å². The van der Waals surface area contributed by atoms with Crippen LogP contribution in [0.15, 0.2) is 163 Å². The number of hydrogen-bond donors (Lipinski definition) is 4. The Kier molecular flexibility index (Phi) is 17.6. The lowest BCUT2D eigenvalue weighted by Crippen LogP contribution is -2.39. The molecule has 0 aromatic heterocycles. The summed E-state index contributed by atoms with van der Waals surface area (Å²) in [6, 6.07) is 27.6. The quantitative estimate of drug-likeness (QED) is 0.0789. The first-order valence-corrected chi connectivity index (χ1v) is 28.8. The number of rotatable bonds is 14. The van der Waals surface area contributed by atoms with E-state index in [0.29, 0.717) is 12.1 Å². The van der Waals surface area contributed by atoms with Crippen molar-refractivity contribution in [3.63, 3.8) is 0 Å². The maximum atomic E-state index is 12.5. The van der Waals surface area contributed by atoms with Gasteiger partial charge >= 0.3 is 40.5 Å². The van der Waals surface area contributed by atoms with E-state index in [1.54, 1.807) is 52.0 Å². The van der Waals surface area contributed by atoms with Crippen LogP contribution in [0.5, 0.6) is 23.0 Å². The summed E-state index contributed by atoms with van der Waals surface area (Å²) in [7, 11) is -27.5. The van der Waals surface area contributed by atoms with Crippen LogP contribution in [0, 0.1) is 27.7 Å². The Bertz CT molecular complexity index is 3250. The summed E-state index contributed by atoms with van der Waals surface area (Å²) in [5, 5.41) is 6.44. The van der Waals surface area contributed by atoms with Gasteiger partial charge in [0.05, 0.1) is 0 Å². The summed E-state index contributed by atoms with van der Waals surface area (Å²) in [6.07, 6.45) is 0. The minimum absolute atomic E-state index is 0.182. The molecule has 0 aliphatic carbocycles. The summed E-state index contributed by atoms with van der Waals surface area (Å²) < 4.78 is 186. The van der Waals surface area contributed by atoms with Gasteiger partial charge < -0.3 is 27.4 Å². The Hall–Kier alpha value is -5.94. The lowest BCUT2D eigenvalue weighted by molar-refractivity contribution is 0.455. The number of aryl methyl sites for hydroxylation is 4. The number of piperazine rings is 1. The molecule has 0 spiro atoms. The maximum absolute atomic E-state index is 12.5. The fraction of sp³-hybridized carbons (Fsp3) is 0.182. The molecule has 0 radical (unpaired) electrons. The van der Waals surface area contributed by atoms with Gasteiger partial charge in [-0.1, -0.05) is 70.8 Å². The third-order valence-corrected chi connectivity index (χ3v) is 16.2. The van der Waals surface area contributed by atoms with Gasteiger partial charge in [0.15, 0.2) is 11.5 Å². The van der Waals surface area contributed by atoms with E-state index in [1.165, 1.54) is 72.8 Å². The lowest BCUT2D eigenvalue weighted by Gasteiger charge is -2.12. The summed E-state index contributed by atoms with van der Waals surface area (Å²) in [6.45, 7) is 11.6. The normalized spacial score (nSPS) is 13.3.